The van der Waals surface area contributed by atoms with Gasteiger partial charge in [0.1, 0.15) is 0 Å². The minimum atomic E-state index is -0.186. The van der Waals surface area contributed by atoms with Crippen LogP contribution in [0.1, 0.15) is 23.7 Å². The molecule has 98 valence electrons. The van der Waals surface area contributed by atoms with Crippen molar-refractivity contribution in [3.05, 3.63) is 28.8 Å². The van der Waals surface area contributed by atoms with Crippen LogP contribution in [0.3, 0.4) is 0 Å². The van der Waals surface area contributed by atoms with Gasteiger partial charge in [-0.2, -0.15) is 0 Å². The van der Waals surface area contributed by atoms with Gasteiger partial charge in [0, 0.05) is 29.8 Å². The molecule has 1 saturated heterocycles. The third-order valence-electron chi connectivity index (χ3n) is 3.32. The summed E-state index contributed by atoms with van der Waals surface area (Å²) in [6.45, 7) is 3.39. The normalized spacial score (nSPS) is 23.0. The highest BCUT2D eigenvalue weighted by Crippen LogP contribution is 2.21. The van der Waals surface area contributed by atoms with Crippen LogP contribution in [-0.2, 0) is 4.74 Å². The van der Waals surface area contributed by atoms with Crippen LogP contribution in [0.5, 0.6) is 0 Å². The Balaban J connectivity index is 1.97. The standard InChI is InChI=1S/C13H17ClN2O2/c1-8-9(4-5-18-8)7-16-13(17)11-6-10(14)2-3-12(11)15/h2-3,6,8-9H,4-5,7,15H2,1H3,(H,16,17). The van der Waals surface area contributed by atoms with Crippen molar-refractivity contribution in [1.82, 2.24) is 5.32 Å². The second-order valence-corrected chi connectivity index (χ2v) is 5.00. The van der Waals surface area contributed by atoms with E-state index in [9.17, 15) is 4.79 Å². The van der Waals surface area contributed by atoms with E-state index >= 15 is 0 Å². The first-order valence-corrected chi connectivity index (χ1v) is 6.40. The minimum Gasteiger partial charge on any atom is -0.398 e. The van der Waals surface area contributed by atoms with Crippen molar-refractivity contribution in [3.8, 4) is 0 Å². The van der Waals surface area contributed by atoms with Gasteiger partial charge in [0.15, 0.2) is 0 Å². The molecule has 0 radical (unpaired) electrons. The molecule has 1 heterocycles. The summed E-state index contributed by atoms with van der Waals surface area (Å²) in [5, 5.41) is 3.39. The van der Waals surface area contributed by atoms with Crippen LogP contribution in [0.25, 0.3) is 0 Å². The zero-order valence-corrected chi connectivity index (χ0v) is 11.0. The van der Waals surface area contributed by atoms with Crippen molar-refractivity contribution >= 4 is 23.2 Å². The molecule has 1 amide bonds. The first kappa shape index (κ1) is 13.2. The van der Waals surface area contributed by atoms with Crippen molar-refractivity contribution in [1.29, 1.82) is 0 Å². The van der Waals surface area contributed by atoms with Gasteiger partial charge in [-0.15, -0.1) is 0 Å². The second-order valence-electron chi connectivity index (χ2n) is 4.57. The number of anilines is 1. The van der Waals surface area contributed by atoms with Gasteiger partial charge < -0.3 is 15.8 Å². The number of hydrogen-bond donors (Lipinski definition) is 2. The first-order valence-electron chi connectivity index (χ1n) is 6.02. The van der Waals surface area contributed by atoms with E-state index in [2.05, 4.69) is 5.32 Å². The number of carbonyl (C=O) groups is 1. The highest BCUT2D eigenvalue weighted by molar-refractivity contribution is 6.31. The lowest BCUT2D eigenvalue weighted by atomic mass is 10.0. The monoisotopic (exact) mass is 268 g/mol. The van der Waals surface area contributed by atoms with Crippen LogP contribution >= 0.6 is 11.6 Å². The summed E-state index contributed by atoms with van der Waals surface area (Å²) >= 11 is 5.86. The van der Waals surface area contributed by atoms with Crippen LogP contribution in [0, 0.1) is 5.92 Å². The van der Waals surface area contributed by atoms with Crippen LogP contribution in [0.15, 0.2) is 18.2 Å². The number of benzene rings is 1. The van der Waals surface area contributed by atoms with E-state index in [4.69, 9.17) is 22.1 Å². The van der Waals surface area contributed by atoms with Gasteiger partial charge in [0.05, 0.1) is 11.7 Å². The van der Waals surface area contributed by atoms with Crippen LogP contribution in [-0.4, -0.2) is 25.2 Å². The summed E-state index contributed by atoms with van der Waals surface area (Å²) in [6.07, 6.45) is 1.17. The van der Waals surface area contributed by atoms with Gasteiger partial charge in [-0.25, -0.2) is 0 Å². The maximum absolute atomic E-state index is 12.0. The van der Waals surface area contributed by atoms with Gasteiger partial charge >= 0.3 is 0 Å². The molecule has 5 heteroatoms. The lowest BCUT2D eigenvalue weighted by Crippen LogP contribution is -2.32. The SMILES string of the molecule is CC1OCCC1CNC(=O)c1cc(Cl)ccc1N. The Morgan fingerprint density at radius 2 is 2.39 bits per heavy atom. The van der Waals surface area contributed by atoms with E-state index < -0.39 is 0 Å². The summed E-state index contributed by atoms with van der Waals surface area (Å²) in [7, 11) is 0. The minimum absolute atomic E-state index is 0.186. The third-order valence-corrected chi connectivity index (χ3v) is 3.55. The molecule has 4 nitrogen and oxygen atoms in total. The number of nitrogens with one attached hydrogen (secondary N) is 1. The van der Waals surface area contributed by atoms with Crippen molar-refractivity contribution in [2.45, 2.75) is 19.4 Å². The highest BCUT2D eigenvalue weighted by Gasteiger charge is 2.24. The largest absolute Gasteiger partial charge is 0.398 e. The second kappa shape index (κ2) is 5.59. The number of rotatable bonds is 3. The summed E-state index contributed by atoms with van der Waals surface area (Å²) in [4.78, 5) is 12.0. The third kappa shape index (κ3) is 2.94. The fourth-order valence-corrected chi connectivity index (χ4v) is 2.26. The quantitative estimate of drug-likeness (QED) is 0.825. The molecule has 0 bridgehead atoms. The van der Waals surface area contributed by atoms with Crippen LogP contribution in [0.2, 0.25) is 5.02 Å². The molecular formula is C13H17ClN2O2. The van der Waals surface area contributed by atoms with E-state index in [-0.39, 0.29) is 12.0 Å². The number of carbonyl (C=O) groups excluding carboxylic acids is 1. The van der Waals surface area contributed by atoms with Crippen molar-refractivity contribution in [3.63, 3.8) is 0 Å². The smallest absolute Gasteiger partial charge is 0.253 e. The molecule has 2 unspecified atom stereocenters. The molecule has 1 aliphatic rings. The lowest BCUT2D eigenvalue weighted by Gasteiger charge is -2.15. The topological polar surface area (TPSA) is 64.3 Å². The lowest BCUT2D eigenvalue weighted by molar-refractivity contribution is 0.0908. The highest BCUT2D eigenvalue weighted by atomic mass is 35.5. The average Bonchev–Trinajstić information content (AvgIpc) is 2.75. The van der Waals surface area contributed by atoms with E-state index in [1.165, 1.54) is 0 Å². The van der Waals surface area contributed by atoms with E-state index in [1.807, 2.05) is 6.92 Å². The molecule has 0 saturated carbocycles. The Morgan fingerprint density at radius 1 is 1.61 bits per heavy atom. The van der Waals surface area contributed by atoms with Crippen molar-refractivity contribution < 1.29 is 9.53 Å². The van der Waals surface area contributed by atoms with E-state index in [1.54, 1.807) is 18.2 Å². The summed E-state index contributed by atoms with van der Waals surface area (Å²) in [5.41, 5.74) is 6.62. The van der Waals surface area contributed by atoms with E-state index in [0.29, 0.717) is 28.7 Å². The fraction of sp³-hybridized carbons (Fsp3) is 0.462. The molecule has 1 fully saturated rings. The number of hydrogen-bond acceptors (Lipinski definition) is 3. The number of halogens is 1. The Labute approximate surface area is 111 Å². The van der Waals surface area contributed by atoms with Crippen molar-refractivity contribution in [2.75, 3.05) is 18.9 Å². The number of nitrogens with two attached hydrogens (primary N) is 1. The first-order chi connectivity index (χ1) is 8.58. The van der Waals surface area contributed by atoms with Crippen LogP contribution in [0.4, 0.5) is 5.69 Å². The molecule has 18 heavy (non-hydrogen) atoms. The zero-order valence-electron chi connectivity index (χ0n) is 10.3. The number of nitrogen functional groups attached to an aromatic ring is 1. The van der Waals surface area contributed by atoms with Crippen molar-refractivity contribution in [2.24, 2.45) is 5.92 Å². The summed E-state index contributed by atoms with van der Waals surface area (Å²) in [6, 6.07) is 4.89. The van der Waals surface area contributed by atoms with Crippen LogP contribution < -0.4 is 11.1 Å². The molecule has 2 atom stereocenters. The maximum Gasteiger partial charge on any atom is 0.253 e. The molecule has 1 aliphatic heterocycles. The molecule has 2 rings (SSSR count). The van der Waals surface area contributed by atoms with E-state index in [0.717, 1.165) is 13.0 Å². The molecule has 3 N–H and O–H groups in total. The number of ether oxygens (including phenoxy) is 1. The summed E-state index contributed by atoms with van der Waals surface area (Å²) in [5.74, 6) is 0.184. The van der Waals surface area contributed by atoms with Gasteiger partial charge in [0.2, 0.25) is 0 Å². The Bertz CT molecular complexity index is 451. The fourth-order valence-electron chi connectivity index (χ4n) is 2.09. The Hall–Kier alpha value is -1.26. The predicted molar refractivity (Wildman–Crippen MR) is 71.7 cm³/mol. The summed E-state index contributed by atoms with van der Waals surface area (Å²) < 4.78 is 5.45. The molecule has 1 aromatic carbocycles. The molecule has 0 aromatic heterocycles. The predicted octanol–water partition coefficient (Wildman–Crippen LogP) is 2.08. The number of amides is 1. The average molecular weight is 269 g/mol. The van der Waals surface area contributed by atoms with Gasteiger partial charge in [-0.05, 0) is 31.5 Å². The van der Waals surface area contributed by atoms with Gasteiger partial charge in [-0.1, -0.05) is 11.6 Å². The molecule has 0 aliphatic carbocycles. The Morgan fingerprint density at radius 3 is 3.06 bits per heavy atom. The molecular weight excluding hydrogens is 252 g/mol. The van der Waals surface area contributed by atoms with Gasteiger partial charge in [-0.3, -0.25) is 4.79 Å². The molecule has 0 spiro atoms. The molecule has 1 aromatic rings. The maximum atomic E-state index is 12.0. The van der Waals surface area contributed by atoms with Gasteiger partial charge in [0.25, 0.3) is 5.91 Å². The zero-order chi connectivity index (χ0) is 13.1. The Kier molecular flexibility index (Phi) is 4.09.